The van der Waals surface area contributed by atoms with Crippen molar-refractivity contribution in [3.8, 4) is 0 Å². The first-order valence-corrected chi connectivity index (χ1v) is 7.35. The SMILES string of the molecule is NC1CC2CCC(C1)N2C(=O)Cc1ccccc1[N+](=O)[O-]. The Morgan fingerprint density at radius 2 is 1.90 bits per heavy atom. The van der Waals surface area contributed by atoms with Gasteiger partial charge in [-0.3, -0.25) is 14.9 Å². The molecule has 3 rings (SSSR count). The predicted octanol–water partition coefficient (Wildman–Crippen LogP) is 1.62. The second kappa shape index (κ2) is 5.44. The number of hydrogen-bond acceptors (Lipinski definition) is 4. The molecule has 2 N–H and O–H groups in total. The number of benzene rings is 1. The molecule has 0 spiro atoms. The fraction of sp³-hybridized carbons (Fsp3) is 0.533. The summed E-state index contributed by atoms with van der Waals surface area (Å²) in [6.07, 6.45) is 3.79. The van der Waals surface area contributed by atoms with Crippen molar-refractivity contribution in [1.82, 2.24) is 4.90 Å². The van der Waals surface area contributed by atoms with Crippen LogP contribution in [0.25, 0.3) is 0 Å². The van der Waals surface area contributed by atoms with E-state index in [-0.39, 0.29) is 36.1 Å². The van der Waals surface area contributed by atoms with Gasteiger partial charge in [0.05, 0.1) is 11.3 Å². The van der Waals surface area contributed by atoms with E-state index in [1.54, 1.807) is 18.2 Å². The van der Waals surface area contributed by atoms with E-state index in [0.717, 1.165) is 25.7 Å². The molecule has 2 unspecified atom stereocenters. The highest BCUT2D eigenvalue weighted by molar-refractivity contribution is 5.81. The average molecular weight is 289 g/mol. The number of nitrogens with zero attached hydrogens (tertiary/aromatic N) is 2. The number of carbonyl (C=O) groups is 1. The third-order valence-corrected chi connectivity index (χ3v) is 4.59. The van der Waals surface area contributed by atoms with Crippen LogP contribution in [0.3, 0.4) is 0 Å². The Bertz CT molecular complexity index is 561. The van der Waals surface area contributed by atoms with Crippen LogP contribution in [0.5, 0.6) is 0 Å². The van der Waals surface area contributed by atoms with Gasteiger partial charge in [0.2, 0.25) is 5.91 Å². The summed E-state index contributed by atoms with van der Waals surface area (Å²) in [7, 11) is 0. The van der Waals surface area contributed by atoms with Crippen LogP contribution < -0.4 is 5.73 Å². The van der Waals surface area contributed by atoms with Gasteiger partial charge >= 0.3 is 0 Å². The van der Waals surface area contributed by atoms with Crippen LogP contribution in [0.4, 0.5) is 5.69 Å². The lowest BCUT2D eigenvalue weighted by molar-refractivity contribution is -0.385. The fourth-order valence-electron chi connectivity index (χ4n) is 3.72. The maximum Gasteiger partial charge on any atom is 0.273 e. The summed E-state index contributed by atoms with van der Waals surface area (Å²) < 4.78 is 0. The molecule has 1 aromatic rings. The van der Waals surface area contributed by atoms with Gasteiger partial charge in [-0.25, -0.2) is 0 Å². The van der Waals surface area contributed by atoms with Crippen molar-refractivity contribution in [1.29, 1.82) is 0 Å². The number of fused-ring (bicyclic) bond motifs is 2. The molecule has 2 heterocycles. The maximum absolute atomic E-state index is 12.6. The zero-order valence-corrected chi connectivity index (χ0v) is 11.8. The van der Waals surface area contributed by atoms with Crippen LogP contribution in [0.15, 0.2) is 24.3 Å². The first kappa shape index (κ1) is 14.0. The maximum atomic E-state index is 12.6. The average Bonchev–Trinajstić information content (AvgIpc) is 2.71. The molecule has 2 aliphatic rings. The number of nitro groups is 1. The number of rotatable bonds is 3. The van der Waals surface area contributed by atoms with E-state index in [4.69, 9.17) is 5.73 Å². The summed E-state index contributed by atoms with van der Waals surface area (Å²) in [5.41, 5.74) is 6.52. The van der Waals surface area contributed by atoms with Gasteiger partial charge < -0.3 is 10.6 Å². The van der Waals surface area contributed by atoms with Gasteiger partial charge in [-0.05, 0) is 25.7 Å². The molecule has 2 atom stereocenters. The topological polar surface area (TPSA) is 89.5 Å². The van der Waals surface area contributed by atoms with Crippen molar-refractivity contribution in [3.05, 3.63) is 39.9 Å². The van der Waals surface area contributed by atoms with Crippen molar-refractivity contribution >= 4 is 11.6 Å². The third-order valence-electron chi connectivity index (χ3n) is 4.59. The number of nitro benzene ring substituents is 1. The van der Waals surface area contributed by atoms with E-state index in [9.17, 15) is 14.9 Å². The van der Waals surface area contributed by atoms with E-state index >= 15 is 0 Å². The van der Waals surface area contributed by atoms with E-state index in [1.807, 2.05) is 4.90 Å². The van der Waals surface area contributed by atoms with Gasteiger partial charge in [0.15, 0.2) is 0 Å². The van der Waals surface area contributed by atoms with Crippen molar-refractivity contribution in [2.45, 2.75) is 50.2 Å². The molecule has 0 radical (unpaired) electrons. The largest absolute Gasteiger partial charge is 0.336 e. The molecule has 6 heteroatoms. The standard InChI is InChI=1S/C15H19N3O3/c16-11-8-12-5-6-13(9-11)17(12)15(19)7-10-3-1-2-4-14(10)18(20)21/h1-4,11-13H,5-9,16H2. The molecule has 1 amide bonds. The summed E-state index contributed by atoms with van der Waals surface area (Å²) in [5, 5.41) is 11.0. The Labute approximate surface area is 123 Å². The van der Waals surface area contributed by atoms with E-state index in [1.165, 1.54) is 6.07 Å². The number of amides is 1. The van der Waals surface area contributed by atoms with Gasteiger partial charge in [0.1, 0.15) is 0 Å². The van der Waals surface area contributed by atoms with E-state index < -0.39 is 4.92 Å². The third kappa shape index (κ3) is 2.63. The summed E-state index contributed by atoms with van der Waals surface area (Å²) in [4.78, 5) is 25.1. The number of piperidine rings is 1. The van der Waals surface area contributed by atoms with Crippen LogP contribution in [0.2, 0.25) is 0 Å². The first-order chi connectivity index (χ1) is 10.1. The van der Waals surface area contributed by atoms with Crippen LogP contribution in [0.1, 0.15) is 31.2 Å². The summed E-state index contributed by atoms with van der Waals surface area (Å²) in [6, 6.07) is 7.07. The monoisotopic (exact) mass is 289 g/mol. The zero-order chi connectivity index (χ0) is 15.0. The summed E-state index contributed by atoms with van der Waals surface area (Å²) in [6.45, 7) is 0. The van der Waals surface area contributed by atoms with Gasteiger partial charge in [0.25, 0.3) is 5.69 Å². The normalized spacial score (nSPS) is 27.7. The molecular weight excluding hydrogens is 270 g/mol. The Hall–Kier alpha value is -1.95. The zero-order valence-electron chi connectivity index (χ0n) is 11.8. The molecular formula is C15H19N3O3. The Morgan fingerprint density at radius 1 is 1.29 bits per heavy atom. The Kier molecular flexibility index (Phi) is 3.63. The number of nitrogens with two attached hydrogens (primary N) is 1. The van der Waals surface area contributed by atoms with Crippen molar-refractivity contribution in [2.24, 2.45) is 5.73 Å². The fourth-order valence-corrected chi connectivity index (χ4v) is 3.72. The van der Waals surface area contributed by atoms with Gasteiger partial charge in [-0.1, -0.05) is 18.2 Å². The van der Waals surface area contributed by atoms with Gasteiger partial charge in [0, 0.05) is 29.8 Å². The molecule has 2 saturated heterocycles. The first-order valence-electron chi connectivity index (χ1n) is 7.35. The van der Waals surface area contributed by atoms with Crippen molar-refractivity contribution < 1.29 is 9.72 Å². The molecule has 6 nitrogen and oxygen atoms in total. The Balaban J connectivity index is 1.77. The molecule has 21 heavy (non-hydrogen) atoms. The van der Waals surface area contributed by atoms with Gasteiger partial charge in [-0.2, -0.15) is 0 Å². The summed E-state index contributed by atoms with van der Waals surface area (Å²) >= 11 is 0. The predicted molar refractivity (Wildman–Crippen MR) is 77.7 cm³/mol. The minimum Gasteiger partial charge on any atom is -0.336 e. The van der Waals surface area contributed by atoms with E-state index in [0.29, 0.717) is 5.56 Å². The summed E-state index contributed by atoms with van der Waals surface area (Å²) in [5.74, 6) is -0.0105. The highest BCUT2D eigenvalue weighted by Gasteiger charge is 2.42. The lowest BCUT2D eigenvalue weighted by Gasteiger charge is -2.37. The van der Waals surface area contributed by atoms with Crippen LogP contribution in [-0.2, 0) is 11.2 Å². The molecule has 2 bridgehead atoms. The molecule has 0 aliphatic carbocycles. The Morgan fingerprint density at radius 3 is 2.52 bits per heavy atom. The highest BCUT2D eigenvalue weighted by Crippen LogP contribution is 2.35. The molecule has 112 valence electrons. The van der Waals surface area contributed by atoms with Crippen LogP contribution in [-0.4, -0.2) is 33.9 Å². The number of para-hydroxylation sites is 1. The molecule has 0 aromatic heterocycles. The quantitative estimate of drug-likeness (QED) is 0.676. The molecule has 2 fully saturated rings. The lowest BCUT2D eigenvalue weighted by atomic mass is 9.97. The second-order valence-corrected chi connectivity index (χ2v) is 5.98. The minimum atomic E-state index is -0.427. The number of carbonyl (C=O) groups excluding carboxylic acids is 1. The van der Waals surface area contributed by atoms with E-state index in [2.05, 4.69) is 0 Å². The van der Waals surface area contributed by atoms with Gasteiger partial charge in [-0.15, -0.1) is 0 Å². The smallest absolute Gasteiger partial charge is 0.273 e. The minimum absolute atomic E-state index is 0.0105. The van der Waals surface area contributed by atoms with Crippen molar-refractivity contribution in [2.75, 3.05) is 0 Å². The lowest BCUT2D eigenvalue weighted by Crippen LogP contribution is -2.50. The number of hydrogen-bond donors (Lipinski definition) is 1. The molecule has 1 aromatic carbocycles. The highest BCUT2D eigenvalue weighted by atomic mass is 16.6. The van der Waals surface area contributed by atoms with Crippen LogP contribution >= 0.6 is 0 Å². The molecule has 0 saturated carbocycles. The van der Waals surface area contributed by atoms with Crippen LogP contribution in [0, 0.1) is 10.1 Å². The second-order valence-electron chi connectivity index (χ2n) is 5.98. The molecule has 2 aliphatic heterocycles. The van der Waals surface area contributed by atoms with Crippen molar-refractivity contribution in [3.63, 3.8) is 0 Å².